The second-order valence-corrected chi connectivity index (χ2v) is 4.02. The van der Waals surface area contributed by atoms with Crippen LogP contribution in [0.15, 0.2) is 28.8 Å². The first-order valence-electron chi connectivity index (χ1n) is 5.67. The second-order valence-electron chi connectivity index (χ2n) is 4.02. The molecular weight excluding hydrogens is 264 g/mol. The lowest BCUT2D eigenvalue weighted by Gasteiger charge is -2.07. The van der Waals surface area contributed by atoms with E-state index in [0.717, 1.165) is 11.6 Å². The van der Waals surface area contributed by atoms with Crippen LogP contribution in [0.4, 0.5) is 5.69 Å². The lowest BCUT2D eigenvalue weighted by Crippen LogP contribution is -2.12. The van der Waals surface area contributed by atoms with E-state index in [1.54, 1.807) is 25.3 Å². The Bertz CT molecular complexity index is 663. The minimum Gasteiger partial charge on any atom is -0.496 e. The van der Waals surface area contributed by atoms with Gasteiger partial charge in [-0.25, -0.2) is 4.79 Å². The van der Waals surface area contributed by atoms with Crippen molar-refractivity contribution in [3.8, 4) is 5.75 Å². The topological polar surface area (TPSA) is 102 Å². The van der Waals surface area contributed by atoms with E-state index < -0.39 is 11.9 Å². The number of carbonyl (C=O) groups is 2. The van der Waals surface area contributed by atoms with Gasteiger partial charge in [0.1, 0.15) is 5.75 Å². The van der Waals surface area contributed by atoms with Gasteiger partial charge in [-0.1, -0.05) is 5.16 Å². The van der Waals surface area contributed by atoms with Crippen molar-refractivity contribution < 1.29 is 24.0 Å². The zero-order valence-corrected chi connectivity index (χ0v) is 10.8. The minimum absolute atomic E-state index is 0.101. The first-order valence-corrected chi connectivity index (χ1v) is 5.67. The molecule has 20 heavy (non-hydrogen) atoms. The Kier molecular flexibility index (Phi) is 3.69. The Morgan fingerprint density at radius 1 is 1.35 bits per heavy atom. The van der Waals surface area contributed by atoms with Crippen LogP contribution in [0.5, 0.6) is 5.75 Å². The first-order chi connectivity index (χ1) is 9.51. The number of aromatic carboxylic acids is 1. The van der Waals surface area contributed by atoms with Crippen LogP contribution < -0.4 is 10.1 Å². The molecule has 1 amide bonds. The number of hydrogen-bond acceptors (Lipinski definition) is 5. The highest BCUT2D eigenvalue weighted by molar-refractivity contribution is 6.03. The van der Waals surface area contributed by atoms with Crippen molar-refractivity contribution in [2.45, 2.75) is 6.92 Å². The highest BCUT2D eigenvalue weighted by Gasteiger charge is 2.16. The van der Waals surface area contributed by atoms with E-state index in [1.807, 2.05) is 6.92 Å². The van der Waals surface area contributed by atoms with E-state index in [9.17, 15) is 9.59 Å². The van der Waals surface area contributed by atoms with Crippen LogP contribution in [0.2, 0.25) is 0 Å². The number of amides is 1. The SMILES string of the molecule is COc1ccc(NC(=O)c2cc(C(=O)O)on2)cc1C. The summed E-state index contributed by atoms with van der Waals surface area (Å²) in [7, 11) is 1.56. The molecule has 7 nitrogen and oxygen atoms in total. The second kappa shape index (κ2) is 5.43. The molecule has 2 rings (SSSR count). The Morgan fingerprint density at radius 2 is 2.10 bits per heavy atom. The van der Waals surface area contributed by atoms with Crippen molar-refractivity contribution in [2.75, 3.05) is 12.4 Å². The molecule has 1 heterocycles. The number of nitrogens with zero attached hydrogens (tertiary/aromatic N) is 1. The third-order valence-electron chi connectivity index (χ3n) is 2.61. The molecule has 0 saturated carbocycles. The van der Waals surface area contributed by atoms with E-state index in [-0.39, 0.29) is 11.5 Å². The van der Waals surface area contributed by atoms with Gasteiger partial charge in [-0.3, -0.25) is 4.79 Å². The largest absolute Gasteiger partial charge is 0.496 e. The normalized spacial score (nSPS) is 10.1. The van der Waals surface area contributed by atoms with E-state index >= 15 is 0 Å². The summed E-state index contributed by atoms with van der Waals surface area (Å²) in [6, 6.07) is 6.18. The smallest absolute Gasteiger partial charge is 0.374 e. The molecule has 0 atom stereocenters. The van der Waals surface area contributed by atoms with Gasteiger partial charge >= 0.3 is 5.97 Å². The molecule has 0 radical (unpaired) electrons. The molecule has 0 unspecified atom stereocenters. The standard InChI is InChI=1S/C13H12N2O5/c1-7-5-8(3-4-10(7)19-2)14-12(16)9-6-11(13(17)18)20-15-9/h3-6H,1-2H3,(H,14,16)(H,17,18). The van der Waals surface area contributed by atoms with Crippen LogP contribution in [0, 0.1) is 6.92 Å². The molecular formula is C13H12N2O5. The van der Waals surface area contributed by atoms with Crippen LogP contribution in [-0.4, -0.2) is 29.2 Å². The van der Waals surface area contributed by atoms with Crippen LogP contribution in [-0.2, 0) is 0 Å². The number of carbonyl (C=O) groups excluding carboxylic acids is 1. The average molecular weight is 276 g/mol. The number of rotatable bonds is 4. The number of carboxylic acid groups (broad SMARTS) is 1. The van der Waals surface area contributed by atoms with Crippen LogP contribution in [0.3, 0.4) is 0 Å². The molecule has 0 aliphatic carbocycles. The summed E-state index contributed by atoms with van der Waals surface area (Å²) in [6.07, 6.45) is 0. The van der Waals surface area contributed by atoms with Gasteiger partial charge in [0.15, 0.2) is 5.69 Å². The van der Waals surface area contributed by atoms with Gasteiger partial charge in [-0.15, -0.1) is 0 Å². The Hall–Kier alpha value is -2.83. The summed E-state index contributed by atoms with van der Waals surface area (Å²) in [5.41, 5.74) is 1.31. The number of anilines is 1. The summed E-state index contributed by atoms with van der Waals surface area (Å²) in [6.45, 7) is 1.84. The number of aryl methyl sites for hydroxylation is 1. The van der Waals surface area contributed by atoms with Crippen molar-refractivity contribution in [2.24, 2.45) is 0 Å². The van der Waals surface area contributed by atoms with Crippen molar-refractivity contribution in [3.63, 3.8) is 0 Å². The van der Waals surface area contributed by atoms with Gasteiger partial charge in [-0.2, -0.15) is 0 Å². The Morgan fingerprint density at radius 3 is 2.65 bits per heavy atom. The lowest BCUT2D eigenvalue weighted by molar-refractivity contribution is 0.0651. The minimum atomic E-state index is -1.28. The van der Waals surface area contributed by atoms with Gasteiger partial charge in [-0.05, 0) is 30.7 Å². The number of carboxylic acids is 1. The number of ether oxygens (including phenoxy) is 1. The van der Waals surface area contributed by atoms with Crippen LogP contribution in [0.25, 0.3) is 0 Å². The third kappa shape index (κ3) is 2.77. The summed E-state index contributed by atoms with van der Waals surface area (Å²) in [4.78, 5) is 22.5. The van der Waals surface area contributed by atoms with E-state index in [2.05, 4.69) is 15.0 Å². The molecule has 0 aliphatic rings. The summed E-state index contributed by atoms with van der Waals surface area (Å²) < 4.78 is 9.63. The molecule has 0 saturated heterocycles. The van der Waals surface area contributed by atoms with Crippen molar-refractivity contribution >= 4 is 17.6 Å². The van der Waals surface area contributed by atoms with Gasteiger partial charge in [0, 0.05) is 11.8 Å². The fraction of sp³-hybridized carbons (Fsp3) is 0.154. The molecule has 7 heteroatoms. The molecule has 0 fully saturated rings. The maximum Gasteiger partial charge on any atom is 0.374 e. The molecule has 2 aromatic rings. The fourth-order valence-corrected chi connectivity index (χ4v) is 1.63. The van der Waals surface area contributed by atoms with Gasteiger partial charge in [0.05, 0.1) is 7.11 Å². The molecule has 104 valence electrons. The van der Waals surface area contributed by atoms with Gasteiger partial charge in [0.2, 0.25) is 5.76 Å². The number of nitrogens with one attached hydrogen (secondary N) is 1. The summed E-state index contributed by atoms with van der Waals surface area (Å²) in [5.74, 6) is -1.51. The highest BCUT2D eigenvalue weighted by Crippen LogP contribution is 2.21. The fourth-order valence-electron chi connectivity index (χ4n) is 1.63. The zero-order valence-electron chi connectivity index (χ0n) is 10.8. The predicted molar refractivity (Wildman–Crippen MR) is 69.1 cm³/mol. The average Bonchev–Trinajstić information content (AvgIpc) is 2.88. The predicted octanol–water partition coefficient (Wildman–Crippen LogP) is 1.94. The zero-order chi connectivity index (χ0) is 14.7. The molecule has 1 aromatic carbocycles. The summed E-state index contributed by atoms with van der Waals surface area (Å²) >= 11 is 0. The maximum atomic E-state index is 11.9. The number of benzene rings is 1. The Labute approximate surface area is 114 Å². The van der Waals surface area contributed by atoms with E-state index in [0.29, 0.717) is 11.4 Å². The monoisotopic (exact) mass is 276 g/mol. The van der Waals surface area contributed by atoms with Crippen molar-refractivity contribution in [1.29, 1.82) is 0 Å². The molecule has 1 aromatic heterocycles. The van der Waals surface area contributed by atoms with Gasteiger partial charge < -0.3 is 19.7 Å². The number of hydrogen-bond donors (Lipinski definition) is 2. The third-order valence-corrected chi connectivity index (χ3v) is 2.61. The number of methoxy groups -OCH3 is 1. The van der Waals surface area contributed by atoms with Crippen molar-refractivity contribution in [1.82, 2.24) is 5.16 Å². The Balaban J connectivity index is 2.14. The first kappa shape index (κ1) is 13.6. The van der Waals surface area contributed by atoms with Crippen LogP contribution in [0.1, 0.15) is 26.6 Å². The van der Waals surface area contributed by atoms with Crippen molar-refractivity contribution in [3.05, 3.63) is 41.3 Å². The summed E-state index contributed by atoms with van der Waals surface area (Å²) in [5, 5.41) is 14.7. The molecule has 0 spiro atoms. The lowest BCUT2D eigenvalue weighted by atomic mass is 10.2. The van der Waals surface area contributed by atoms with E-state index in [4.69, 9.17) is 9.84 Å². The molecule has 0 bridgehead atoms. The highest BCUT2D eigenvalue weighted by atomic mass is 16.5. The quantitative estimate of drug-likeness (QED) is 0.884. The maximum absolute atomic E-state index is 11.9. The van der Waals surface area contributed by atoms with Gasteiger partial charge in [0.25, 0.3) is 5.91 Å². The van der Waals surface area contributed by atoms with Crippen LogP contribution >= 0.6 is 0 Å². The molecule has 0 aliphatic heterocycles. The number of aromatic nitrogens is 1. The van der Waals surface area contributed by atoms with E-state index in [1.165, 1.54) is 0 Å². The molecule has 2 N–H and O–H groups in total.